The maximum Gasteiger partial charge on any atom is 0.266 e. The van der Waals surface area contributed by atoms with Gasteiger partial charge in [-0.05, 0) is 41.8 Å². The predicted octanol–water partition coefficient (Wildman–Crippen LogP) is 4.90. The molecule has 6 nitrogen and oxygen atoms in total. The highest BCUT2D eigenvalue weighted by Gasteiger charge is 2.34. The van der Waals surface area contributed by atoms with Crippen LogP contribution in [0.3, 0.4) is 0 Å². The summed E-state index contributed by atoms with van der Waals surface area (Å²) in [4.78, 5) is 45.1. The predicted molar refractivity (Wildman–Crippen MR) is 134 cm³/mol. The van der Waals surface area contributed by atoms with E-state index in [1.54, 1.807) is 34.9 Å². The number of imide groups is 1. The van der Waals surface area contributed by atoms with E-state index in [-0.39, 0.29) is 29.8 Å². The van der Waals surface area contributed by atoms with Gasteiger partial charge in [0.2, 0.25) is 0 Å². The third kappa shape index (κ3) is 3.72. The molecule has 0 fully saturated rings. The van der Waals surface area contributed by atoms with Crippen LogP contribution < -0.4 is 5.56 Å². The lowest BCUT2D eigenvalue weighted by atomic mass is 10.0. The Kier molecular flexibility index (Phi) is 5.79. The molecule has 0 N–H and O–H groups in total. The fourth-order valence-electron chi connectivity index (χ4n) is 4.27. The molecule has 0 aliphatic carbocycles. The highest BCUT2D eigenvalue weighted by molar-refractivity contribution is 7.99. The van der Waals surface area contributed by atoms with Gasteiger partial charge in [0.1, 0.15) is 0 Å². The van der Waals surface area contributed by atoms with Crippen molar-refractivity contribution in [3.8, 4) is 5.69 Å². The van der Waals surface area contributed by atoms with Crippen LogP contribution in [0.2, 0.25) is 0 Å². The monoisotopic (exact) mass is 469 g/mol. The van der Waals surface area contributed by atoms with Crippen LogP contribution in [0.1, 0.15) is 46.0 Å². The van der Waals surface area contributed by atoms with Gasteiger partial charge in [-0.15, -0.1) is 0 Å². The van der Waals surface area contributed by atoms with E-state index in [0.717, 1.165) is 11.3 Å². The fraction of sp³-hybridized carbons (Fsp3) is 0.185. The van der Waals surface area contributed by atoms with Gasteiger partial charge in [0.15, 0.2) is 5.16 Å². The summed E-state index contributed by atoms with van der Waals surface area (Å²) in [7, 11) is 0. The van der Waals surface area contributed by atoms with E-state index in [2.05, 4.69) is 13.8 Å². The molecule has 170 valence electrons. The zero-order chi connectivity index (χ0) is 23.8. The summed E-state index contributed by atoms with van der Waals surface area (Å²) in [5, 5.41) is 1.08. The standard InChI is InChI=1S/C27H23N3O3S/c1-17(2)18-9-6-8-14-23(18)30-26(33)21-12-5-7-13-22(21)28-27(30)34-16-15-29-24(31)19-10-3-4-11-20(19)25(29)32/h3-14,17H,15-16H2,1-2H3. The molecule has 2 heterocycles. The van der Waals surface area contributed by atoms with Crippen molar-refractivity contribution in [3.63, 3.8) is 0 Å². The van der Waals surface area contributed by atoms with Gasteiger partial charge in [0, 0.05) is 12.3 Å². The third-order valence-corrected chi connectivity index (χ3v) is 6.89. The second-order valence-electron chi connectivity index (χ2n) is 8.42. The van der Waals surface area contributed by atoms with Gasteiger partial charge in [0.25, 0.3) is 17.4 Å². The van der Waals surface area contributed by atoms with E-state index in [0.29, 0.717) is 32.9 Å². The summed E-state index contributed by atoms with van der Waals surface area (Å²) >= 11 is 1.37. The Balaban J connectivity index is 1.51. The normalized spacial score (nSPS) is 13.2. The molecule has 2 amide bonds. The molecule has 34 heavy (non-hydrogen) atoms. The minimum absolute atomic E-state index is 0.137. The summed E-state index contributed by atoms with van der Waals surface area (Å²) in [6.45, 7) is 4.41. The highest BCUT2D eigenvalue weighted by Crippen LogP contribution is 2.28. The number of carbonyl (C=O) groups excluding carboxylic acids is 2. The molecule has 1 aromatic heterocycles. The minimum Gasteiger partial charge on any atom is -0.273 e. The smallest absolute Gasteiger partial charge is 0.266 e. The van der Waals surface area contributed by atoms with Crippen molar-refractivity contribution in [3.05, 3.63) is 99.8 Å². The van der Waals surface area contributed by atoms with E-state index in [9.17, 15) is 14.4 Å². The first-order chi connectivity index (χ1) is 16.5. The maximum absolute atomic E-state index is 13.6. The van der Waals surface area contributed by atoms with Crippen molar-refractivity contribution < 1.29 is 9.59 Å². The van der Waals surface area contributed by atoms with E-state index < -0.39 is 0 Å². The molecular weight excluding hydrogens is 446 g/mol. The summed E-state index contributed by atoms with van der Waals surface area (Å²) < 4.78 is 1.66. The number of hydrogen-bond donors (Lipinski definition) is 0. The van der Waals surface area contributed by atoms with Gasteiger partial charge in [0.05, 0.1) is 27.7 Å². The van der Waals surface area contributed by atoms with E-state index in [1.807, 2.05) is 42.5 Å². The maximum atomic E-state index is 13.6. The molecule has 0 bridgehead atoms. The number of carbonyl (C=O) groups is 2. The first-order valence-electron chi connectivity index (χ1n) is 11.2. The van der Waals surface area contributed by atoms with Crippen molar-refractivity contribution in [1.29, 1.82) is 0 Å². The average Bonchev–Trinajstić information content (AvgIpc) is 3.09. The first-order valence-corrected chi connectivity index (χ1v) is 12.1. The number of hydrogen-bond acceptors (Lipinski definition) is 5. The number of thioether (sulfide) groups is 1. The largest absolute Gasteiger partial charge is 0.273 e. The van der Waals surface area contributed by atoms with Gasteiger partial charge < -0.3 is 0 Å². The molecule has 1 aliphatic rings. The van der Waals surface area contributed by atoms with Crippen LogP contribution in [-0.4, -0.2) is 38.6 Å². The minimum atomic E-state index is -0.282. The van der Waals surface area contributed by atoms with Gasteiger partial charge in [-0.3, -0.25) is 23.9 Å². The van der Waals surface area contributed by atoms with Gasteiger partial charge in [-0.2, -0.15) is 0 Å². The summed E-state index contributed by atoms with van der Waals surface area (Å²) in [6.07, 6.45) is 0. The summed E-state index contributed by atoms with van der Waals surface area (Å²) in [5.41, 5.74) is 3.19. The molecular formula is C27H23N3O3S. The van der Waals surface area contributed by atoms with Gasteiger partial charge >= 0.3 is 0 Å². The van der Waals surface area contributed by atoms with E-state index in [4.69, 9.17) is 4.98 Å². The number of para-hydroxylation sites is 2. The van der Waals surface area contributed by atoms with Crippen molar-refractivity contribution in [2.45, 2.75) is 24.9 Å². The van der Waals surface area contributed by atoms with E-state index >= 15 is 0 Å². The summed E-state index contributed by atoms with van der Waals surface area (Å²) in [5.74, 6) is 0.0660. The highest BCUT2D eigenvalue weighted by atomic mass is 32.2. The molecule has 0 spiro atoms. The van der Waals surface area contributed by atoms with Crippen LogP contribution in [-0.2, 0) is 0 Å². The lowest BCUT2D eigenvalue weighted by Gasteiger charge is -2.19. The Morgan fingerprint density at radius 2 is 1.44 bits per heavy atom. The van der Waals surface area contributed by atoms with Crippen molar-refractivity contribution >= 4 is 34.5 Å². The number of rotatable bonds is 6. The number of amides is 2. The van der Waals surface area contributed by atoms with Crippen LogP contribution in [0.25, 0.3) is 16.6 Å². The zero-order valence-electron chi connectivity index (χ0n) is 18.9. The molecule has 7 heteroatoms. The van der Waals surface area contributed by atoms with Crippen LogP contribution in [0.4, 0.5) is 0 Å². The van der Waals surface area contributed by atoms with Crippen molar-refractivity contribution in [2.24, 2.45) is 0 Å². The number of benzene rings is 3. The molecule has 0 unspecified atom stereocenters. The first kappa shape index (κ1) is 22.1. The van der Waals surface area contributed by atoms with Crippen molar-refractivity contribution in [1.82, 2.24) is 14.5 Å². The third-order valence-electron chi connectivity index (χ3n) is 5.97. The zero-order valence-corrected chi connectivity index (χ0v) is 19.7. The van der Waals surface area contributed by atoms with Crippen molar-refractivity contribution in [2.75, 3.05) is 12.3 Å². The second kappa shape index (κ2) is 8.91. The Morgan fingerprint density at radius 1 is 0.824 bits per heavy atom. The molecule has 1 aliphatic heterocycles. The quantitative estimate of drug-likeness (QED) is 0.228. The lowest BCUT2D eigenvalue weighted by Crippen LogP contribution is -2.32. The topological polar surface area (TPSA) is 72.3 Å². The molecule has 3 aromatic carbocycles. The van der Waals surface area contributed by atoms with Gasteiger partial charge in [-0.1, -0.05) is 68.1 Å². The average molecular weight is 470 g/mol. The molecule has 4 aromatic rings. The molecule has 0 radical (unpaired) electrons. The van der Waals surface area contributed by atoms with Gasteiger partial charge in [-0.25, -0.2) is 4.98 Å². The molecule has 5 rings (SSSR count). The Labute approximate surface area is 201 Å². The van der Waals surface area contributed by atoms with Crippen LogP contribution >= 0.6 is 11.8 Å². The fourth-order valence-corrected chi connectivity index (χ4v) is 5.20. The van der Waals surface area contributed by atoms with Crippen LogP contribution in [0, 0.1) is 0 Å². The Hall–Kier alpha value is -3.71. The lowest BCUT2D eigenvalue weighted by molar-refractivity contribution is 0.0664. The second-order valence-corrected chi connectivity index (χ2v) is 9.48. The number of fused-ring (bicyclic) bond motifs is 2. The molecule has 0 saturated carbocycles. The summed E-state index contributed by atoms with van der Waals surface area (Å²) in [6, 6.07) is 22.0. The molecule has 0 atom stereocenters. The number of aromatic nitrogens is 2. The number of nitrogens with zero attached hydrogens (tertiary/aromatic N) is 3. The van der Waals surface area contributed by atoms with E-state index in [1.165, 1.54) is 16.7 Å². The SMILES string of the molecule is CC(C)c1ccccc1-n1c(SCCN2C(=O)c3ccccc3C2=O)nc2ccccc2c1=O. The molecule has 0 saturated heterocycles. The Morgan fingerprint density at radius 3 is 2.15 bits per heavy atom. The van der Waals surface area contributed by atoms with Crippen LogP contribution in [0.15, 0.2) is 82.7 Å². The van der Waals surface area contributed by atoms with Crippen LogP contribution in [0.5, 0.6) is 0 Å². The Bertz CT molecular complexity index is 1460.